The van der Waals surface area contributed by atoms with Crippen molar-refractivity contribution >= 4 is 40.5 Å². The first-order valence-electron chi connectivity index (χ1n) is 10.5. The lowest BCUT2D eigenvalue weighted by Crippen LogP contribution is -2.24. The van der Waals surface area contributed by atoms with Gasteiger partial charge in [0, 0.05) is 10.6 Å². The van der Waals surface area contributed by atoms with Crippen molar-refractivity contribution in [3.8, 4) is 11.5 Å². The molecule has 1 amide bonds. The number of esters is 1. The molecule has 0 radical (unpaired) electrons. The van der Waals surface area contributed by atoms with Crippen molar-refractivity contribution in [1.82, 2.24) is 5.43 Å². The molecule has 6 nitrogen and oxygen atoms in total. The van der Waals surface area contributed by atoms with Crippen LogP contribution in [0.4, 0.5) is 0 Å². The number of rotatable bonds is 7. The summed E-state index contributed by atoms with van der Waals surface area (Å²) in [4.78, 5) is 24.8. The number of halogens is 1. The van der Waals surface area contributed by atoms with Gasteiger partial charge in [-0.3, -0.25) is 4.79 Å². The van der Waals surface area contributed by atoms with E-state index in [1.807, 2.05) is 55.5 Å². The van der Waals surface area contributed by atoms with Crippen molar-refractivity contribution in [2.45, 2.75) is 6.92 Å². The fraction of sp³-hybridized carbons (Fsp3) is 0.0741. The third-order valence-electron chi connectivity index (χ3n) is 4.96. The zero-order valence-corrected chi connectivity index (χ0v) is 19.1. The van der Waals surface area contributed by atoms with Crippen LogP contribution in [0.1, 0.15) is 21.5 Å². The fourth-order valence-electron chi connectivity index (χ4n) is 3.30. The summed E-state index contributed by atoms with van der Waals surface area (Å²) in [5.74, 6) is -0.0351. The summed E-state index contributed by atoms with van der Waals surface area (Å²) in [6, 6.07) is 25.0. The summed E-state index contributed by atoms with van der Waals surface area (Å²) in [5, 5.41) is 6.34. The Kier molecular flexibility index (Phi) is 7.20. The molecular weight excluding hydrogens is 452 g/mol. The van der Waals surface area contributed by atoms with Gasteiger partial charge >= 0.3 is 5.97 Å². The Bertz CT molecular complexity index is 1370. The zero-order valence-electron chi connectivity index (χ0n) is 18.3. The third kappa shape index (κ3) is 5.79. The summed E-state index contributed by atoms with van der Waals surface area (Å²) < 4.78 is 11.1. The molecule has 0 spiro atoms. The van der Waals surface area contributed by atoms with E-state index in [0.717, 1.165) is 16.3 Å². The van der Waals surface area contributed by atoms with Gasteiger partial charge in [0.1, 0.15) is 11.5 Å². The van der Waals surface area contributed by atoms with Gasteiger partial charge in [0.15, 0.2) is 6.61 Å². The minimum atomic E-state index is -0.530. The molecule has 4 aromatic carbocycles. The molecule has 0 atom stereocenters. The molecule has 0 unspecified atom stereocenters. The Morgan fingerprint density at radius 3 is 2.56 bits per heavy atom. The lowest BCUT2D eigenvalue weighted by molar-refractivity contribution is -0.123. The van der Waals surface area contributed by atoms with E-state index in [4.69, 9.17) is 21.1 Å². The molecule has 0 saturated heterocycles. The van der Waals surface area contributed by atoms with E-state index in [-0.39, 0.29) is 6.61 Å². The predicted octanol–water partition coefficient (Wildman–Crippen LogP) is 5.55. The molecule has 1 N–H and O–H groups in total. The average molecular weight is 473 g/mol. The van der Waals surface area contributed by atoms with Crippen LogP contribution in [0.5, 0.6) is 11.5 Å². The average Bonchev–Trinajstić information content (AvgIpc) is 2.84. The van der Waals surface area contributed by atoms with Crippen LogP contribution < -0.4 is 14.9 Å². The highest BCUT2D eigenvalue weighted by Gasteiger charge is 2.14. The largest absolute Gasteiger partial charge is 0.484 e. The number of carbonyl (C=O) groups is 2. The molecule has 0 aliphatic heterocycles. The first kappa shape index (κ1) is 23.0. The number of hydrogen-bond acceptors (Lipinski definition) is 5. The van der Waals surface area contributed by atoms with Crippen molar-refractivity contribution in [1.29, 1.82) is 0 Å². The maximum Gasteiger partial charge on any atom is 0.343 e. The van der Waals surface area contributed by atoms with Crippen molar-refractivity contribution in [3.63, 3.8) is 0 Å². The van der Waals surface area contributed by atoms with E-state index in [1.165, 1.54) is 6.21 Å². The van der Waals surface area contributed by atoms with Crippen molar-refractivity contribution < 1.29 is 19.1 Å². The van der Waals surface area contributed by atoms with Gasteiger partial charge in [-0.1, -0.05) is 54.1 Å². The number of nitrogens with one attached hydrogen (secondary N) is 1. The standard InChI is InChI=1S/C27H21ClN2O4/c1-18-5-4-7-22(15-18)33-17-26(31)30-29-16-24-23-8-3-2-6-19(23)11-14-25(24)34-27(32)20-9-12-21(28)13-10-20/h2-16H,17H2,1H3,(H,30,31)/b29-16-. The van der Waals surface area contributed by atoms with Gasteiger partial charge in [-0.05, 0) is 65.7 Å². The number of amides is 1. The smallest absolute Gasteiger partial charge is 0.343 e. The van der Waals surface area contributed by atoms with E-state index >= 15 is 0 Å². The lowest BCUT2D eigenvalue weighted by atomic mass is 10.0. The second-order valence-electron chi connectivity index (χ2n) is 7.49. The Labute approximate surface area is 201 Å². The minimum Gasteiger partial charge on any atom is -0.484 e. The van der Waals surface area contributed by atoms with Gasteiger partial charge in [0.2, 0.25) is 0 Å². The minimum absolute atomic E-state index is 0.186. The Morgan fingerprint density at radius 1 is 0.971 bits per heavy atom. The van der Waals surface area contributed by atoms with Crippen LogP contribution >= 0.6 is 11.6 Å². The second-order valence-corrected chi connectivity index (χ2v) is 7.93. The van der Waals surface area contributed by atoms with Gasteiger partial charge in [0.05, 0.1) is 11.8 Å². The maximum atomic E-state index is 12.6. The quantitative estimate of drug-likeness (QED) is 0.165. The number of nitrogens with zero attached hydrogens (tertiary/aromatic N) is 1. The highest BCUT2D eigenvalue weighted by atomic mass is 35.5. The summed E-state index contributed by atoms with van der Waals surface area (Å²) in [6.45, 7) is 1.76. The number of carbonyl (C=O) groups excluding carboxylic acids is 2. The molecule has 0 aromatic heterocycles. The molecule has 34 heavy (non-hydrogen) atoms. The van der Waals surface area contributed by atoms with E-state index in [2.05, 4.69) is 10.5 Å². The first-order chi connectivity index (χ1) is 16.5. The number of fused-ring (bicyclic) bond motifs is 1. The molecule has 0 saturated carbocycles. The molecule has 4 aromatic rings. The normalized spacial score (nSPS) is 10.9. The summed E-state index contributed by atoms with van der Waals surface area (Å²) in [6.07, 6.45) is 1.46. The lowest BCUT2D eigenvalue weighted by Gasteiger charge is -2.11. The molecule has 0 aliphatic carbocycles. The number of benzene rings is 4. The van der Waals surface area contributed by atoms with Crippen LogP contribution in [0, 0.1) is 6.92 Å². The van der Waals surface area contributed by atoms with E-state index in [9.17, 15) is 9.59 Å². The number of aryl methyl sites for hydroxylation is 1. The Hall–Kier alpha value is -4.16. The second kappa shape index (κ2) is 10.6. The van der Waals surface area contributed by atoms with Gasteiger partial charge < -0.3 is 9.47 Å². The van der Waals surface area contributed by atoms with E-state index < -0.39 is 11.9 Å². The monoisotopic (exact) mass is 472 g/mol. The van der Waals surface area contributed by atoms with Crippen LogP contribution in [0.3, 0.4) is 0 Å². The van der Waals surface area contributed by atoms with Crippen molar-refractivity contribution in [2.24, 2.45) is 5.10 Å². The zero-order chi connectivity index (χ0) is 23.9. The van der Waals surface area contributed by atoms with Crippen LogP contribution in [-0.2, 0) is 4.79 Å². The van der Waals surface area contributed by atoms with Gasteiger partial charge in [0.25, 0.3) is 5.91 Å². The molecule has 0 aliphatic rings. The highest BCUT2D eigenvalue weighted by molar-refractivity contribution is 6.30. The van der Waals surface area contributed by atoms with Gasteiger partial charge in [-0.2, -0.15) is 5.10 Å². The molecule has 0 bridgehead atoms. The summed E-state index contributed by atoms with van der Waals surface area (Å²) >= 11 is 5.90. The van der Waals surface area contributed by atoms with Crippen LogP contribution in [0.2, 0.25) is 5.02 Å². The predicted molar refractivity (Wildman–Crippen MR) is 133 cm³/mol. The molecule has 4 rings (SSSR count). The van der Waals surface area contributed by atoms with Gasteiger partial charge in [-0.15, -0.1) is 0 Å². The van der Waals surface area contributed by atoms with E-state index in [1.54, 1.807) is 36.4 Å². The molecular formula is C27H21ClN2O4. The van der Waals surface area contributed by atoms with Crippen molar-refractivity contribution in [2.75, 3.05) is 6.61 Å². The SMILES string of the molecule is Cc1cccc(OCC(=O)N/N=C\c2c(OC(=O)c3ccc(Cl)cc3)ccc3ccccc23)c1. The highest BCUT2D eigenvalue weighted by Crippen LogP contribution is 2.27. The third-order valence-corrected chi connectivity index (χ3v) is 5.21. The van der Waals surface area contributed by atoms with Gasteiger partial charge in [-0.25, -0.2) is 10.2 Å². The number of ether oxygens (including phenoxy) is 2. The summed E-state index contributed by atoms with van der Waals surface area (Å²) in [7, 11) is 0. The maximum absolute atomic E-state index is 12.6. The number of hydrogen-bond donors (Lipinski definition) is 1. The Morgan fingerprint density at radius 2 is 1.76 bits per heavy atom. The Balaban J connectivity index is 1.50. The molecule has 0 heterocycles. The number of hydrazone groups is 1. The van der Waals surface area contributed by atoms with Crippen LogP contribution in [-0.4, -0.2) is 24.7 Å². The first-order valence-corrected chi connectivity index (χ1v) is 10.9. The molecule has 0 fully saturated rings. The van der Waals surface area contributed by atoms with Crippen molar-refractivity contribution in [3.05, 3.63) is 107 Å². The van der Waals surface area contributed by atoms with Crippen LogP contribution in [0.15, 0.2) is 90.0 Å². The fourth-order valence-corrected chi connectivity index (χ4v) is 3.42. The van der Waals surface area contributed by atoms with Crippen LogP contribution in [0.25, 0.3) is 10.8 Å². The molecule has 170 valence electrons. The summed E-state index contributed by atoms with van der Waals surface area (Å²) in [5.41, 5.74) is 4.40. The topological polar surface area (TPSA) is 77.0 Å². The molecule has 7 heteroatoms. The van der Waals surface area contributed by atoms with E-state index in [0.29, 0.717) is 27.6 Å².